The van der Waals surface area contributed by atoms with E-state index in [1.807, 2.05) is 32.0 Å². The van der Waals surface area contributed by atoms with Gasteiger partial charge in [-0.1, -0.05) is 13.0 Å². The van der Waals surface area contributed by atoms with Crippen molar-refractivity contribution in [2.75, 3.05) is 21.3 Å². The molecule has 118 valence electrons. The van der Waals surface area contributed by atoms with Crippen LogP contribution in [0.1, 0.15) is 38.8 Å². The van der Waals surface area contributed by atoms with Crippen LogP contribution in [0.4, 0.5) is 0 Å². The van der Waals surface area contributed by atoms with Crippen LogP contribution in [-0.2, 0) is 9.53 Å². The first-order chi connectivity index (χ1) is 9.91. The quantitative estimate of drug-likeness (QED) is 0.840. The van der Waals surface area contributed by atoms with Crippen molar-refractivity contribution in [3.05, 3.63) is 23.8 Å². The van der Waals surface area contributed by atoms with Crippen molar-refractivity contribution in [1.82, 2.24) is 5.32 Å². The number of carbonyl (C=O) groups excluding carboxylic acids is 1. The van der Waals surface area contributed by atoms with E-state index in [1.165, 1.54) is 0 Å². The van der Waals surface area contributed by atoms with Crippen LogP contribution in [0, 0.1) is 0 Å². The molecule has 0 heterocycles. The van der Waals surface area contributed by atoms with Crippen molar-refractivity contribution in [2.24, 2.45) is 0 Å². The molecular weight excluding hydrogens is 270 g/mol. The second-order valence-electron chi connectivity index (χ2n) is 5.10. The molecule has 2 atom stereocenters. The predicted molar refractivity (Wildman–Crippen MR) is 81.8 cm³/mol. The molecule has 0 aromatic heterocycles. The Kier molecular flexibility index (Phi) is 6.03. The summed E-state index contributed by atoms with van der Waals surface area (Å²) in [6.45, 7) is 5.62. The highest BCUT2D eigenvalue weighted by molar-refractivity contribution is 5.85. The second-order valence-corrected chi connectivity index (χ2v) is 5.10. The molecule has 0 radical (unpaired) electrons. The minimum Gasteiger partial charge on any atom is -0.493 e. The summed E-state index contributed by atoms with van der Waals surface area (Å²) >= 11 is 0. The molecule has 1 N–H and O–H groups in total. The third kappa shape index (κ3) is 3.88. The summed E-state index contributed by atoms with van der Waals surface area (Å²) in [7, 11) is 4.72. The summed E-state index contributed by atoms with van der Waals surface area (Å²) in [6.07, 6.45) is 0.605. The van der Waals surface area contributed by atoms with Crippen LogP contribution in [0.25, 0.3) is 0 Å². The fourth-order valence-electron chi connectivity index (χ4n) is 1.95. The summed E-state index contributed by atoms with van der Waals surface area (Å²) < 4.78 is 15.8. The zero-order chi connectivity index (χ0) is 16.0. The molecule has 0 fully saturated rings. The van der Waals surface area contributed by atoms with Crippen LogP contribution in [0.15, 0.2) is 18.2 Å². The van der Waals surface area contributed by atoms with E-state index < -0.39 is 5.60 Å². The van der Waals surface area contributed by atoms with Gasteiger partial charge in [-0.15, -0.1) is 0 Å². The Hall–Kier alpha value is -1.75. The molecule has 1 aromatic carbocycles. The maximum absolute atomic E-state index is 12.3. The first-order valence-electron chi connectivity index (χ1n) is 6.99. The van der Waals surface area contributed by atoms with Gasteiger partial charge in [0.2, 0.25) is 0 Å². The van der Waals surface area contributed by atoms with Gasteiger partial charge in [0, 0.05) is 7.11 Å². The maximum Gasteiger partial charge on any atom is 0.252 e. The van der Waals surface area contributed by atoms with Gasteiger partial charge in [0.15, 0.2) is 11.5 Å². The van der Waals surface area contributed by atoms with Crippen molar-refractivity contribution >= 4 is 5.91 Å². The highest BCUT2D eigenvalue weighted by atomic mass is 16.5. The van der Waals surface area contributed by atoms with E-state index in [2.05, 4.69) is 5.32 Å². The van der Waals surface area contributed by atoms with Gasteiger partial charge >= 0.3 is 0 Å². The lowest BCUT2D eigenvalue weighted by atomic mass is 10.0. The Morgan fingerprint density at radius 2 is 1.86 bits per heavy atom. The minimum atomic E-state index is -0.815. The van der Waals surface area contributed by atoms with Crippen LogP contribution in [0.2, 0.25) is 0 Å². The summed E-state index contributed by atoms with van der Waals surface area (Å²) in [5.74, 6) is 1.17. The van der Waals surface area contributed by atoms with Gasteiger partial charge in [-0.25, -0.2) is 0 Å². The van der Waals surface area contributed by atoms with E-state index >= 15 is 0 Å². The molecule has 0 spiro atoms. The van der Waals surface area contributed by atoms with Gasteiger partial charge in [0.1, 0.15) is 5.60 Å². The molecule has 1 rings (SSSR count). The number of ether oxygens (including phenoxy) is 3. The number of hydrogen-bond donors (Lipinski definition) is 1. The second kappa shape index (κ2) is 7.31. The fourth-order valence-corrected chi connectivity index (χ4v) is 1.95. The number of benzene rings is 1. The first kappa shape index (κ1) is 17.3. The van der Waals surface area contributed by atoms with E-state index in [1.54, 1.807) is 28.3 Å². The molecule has 0 aliphatic carbocycles. The van der Waals surface area contributed by atoms with Crippen molar-refractivity contribution in [2.45, 2.75) is 38.8 Å². The van der Waals surface area contributed by atoms with Crippen molar-refractivity contribution in [1.29, 1.82) is 0 Å². The maximum atomic E-state index is 12.3. The van der Waals surface area contributed by atoms with Crippen LogP contribution < -0.4 is 14.8 Å². The fraction of sp³-hybridized carbons (Fsp3) is 0.562. The Morgan fingerprint density at radius 1 is 1.24 bits per heavy atom. The Labute approximate surface area is 126 Å². The molecule has 2 unspecified atom stereocenters. The Morgan fingerprint density at radius 3 is 2.33 bits per heavy atom. The Bertz CT molecular complexity index is 483. The summed E-state index contributed by atoms with van der Waals surface area (Å²) in [5, 5.41) is 2.97. The van der Waals surface area contributed by atoms with Gasteiger partial charge in [-0.2, -0.15) is 0 Å². The average Bonchev–Trinajstić information content (AvgIpc) is 2.52. The summed E-state index contributed by atoms with van der Waals surface area (Å²) in [5.41, 5.74) is 0.126. The number of methoxy groups -OCH3 is 3. The van der Waals surface area contributed by atoms with Crippen molar-refractivity contribution in [3.8, 4) is 11.5 Å². The zero-order valence-corrected chi connectivity index (χ0v) is 13.6. The number of hydrogen-bond acceptors (Lipinski definition) is 4. The minimum absolute atomic E-state index is 0.130. The normalized spacial score (nSPS) is 15.0. The SMILES string of the molecule is CCC(C)(OC)C(=O)NC(C)c1ccc(OC)c(OC)c1. The number of nitrogens with one attached hydrogen (secondary N) is 1. The zero-order valence-electron chi connectivity index (χ0n) is 13.6. The van der Waals surface area contributed by atoms with Gasteiger partial charge in [-0.05, 0) is 38.0 Å². The average molecular weight is 295 g/mol. The molecule has 5 nitrogen and oxygen atoms in total. The third-order valence-corrected chi connectivity index (χ3v) is 3.86. The van der Waals surface area contributed by atoms with Crippen LogP contribution >= 0.6 is 0 Å². The van der Waals surface area contributed by atoms with Crippen LogP contribution in [-0.4, -0.2) is 32.8 Å². The molecular formula is C16H25NO4. The van der Waals surface area contributed by atoms with E-state index in [0.717, 1.165) is 5.56 Å². The summed E-state index contributed by atoms with van der Waals surface area (Å²) in [4.78, 5) is 12.3. The third-order valence-electron chi connectivity index (χ3n) is 3.86. The molecule has 21 heavy (non-hydrogen) atoms. The standard InChI is InChI=1S/C16H25NO4/c1-7-16(3,21-6)15(18)17-11(2)12-8-9-13(19-4)14(10-12)20-5/h8-11H,7H2,1-6H3,(H,17,18). The molecule has 1 aromatic rings. The number of amides is 1. The molecule has 0 bridgehead atoms. The van der Waals surface area contributed by atoms with E-state index in [9.17, 15) is 4.79 Å². The smallest absolute Gasteiger partial charge is 0.252 e. The molecule has 0 saturated carbocycles. The highest BCUT2D eigenvalue weighted by Gasteiger charge is 2.31. The lowest BCUT2D eigenvalue weighted by Gasteiger charge is -2.27. The lowest BCUT2D eigenvalue weighted by molar-refractivity contribution is -0.142. The molecule has 0 aliphatic rings. The van der Waals surface area contributed by atoms with Gasteiger partial charge in [-0.3, -0.25) is 4.79 Å². The van der Waals surface area contributed by atoms with Crippen molar-refractivity contribution < 1.29 is 19.0 Å². The first-order valence-corrected chi connectivity index (χ1v) is 6.99. The number of rotatable bonds is 7. The van der Waals surface area contributed by atoms with E-state index in [0.29, 0.717) is 17.9 Å². The number of carbonyl (C=O) groups is 1. The lowest BCUT2D eigenvalue weighted by Crippen LogP contribution is -2.46. The monoisotopic (exact) mass is 295 g/mol. The van der Waals surface area contributed by atoms with Gasteiger partial charge in [0.25, 0.3) is 5.91 Å². The van der Waals surface area contributed by atoms with E-state index in [-0.39, 0.29) is 11.9 Å². The van der Waals surface area contributed by atoms with Crippen LogP contribution in [0.5, 0.6) is 11.5 Å². The molecule has 0 saturated heterocycles. The Balaban J connectivity index is 2.89. The van der Waals surface area contributed by atoms with Crippen molar-refractivity contribution in [3.63, 3.8) is 0 Å². The topological polar surface area (TPSA) is 56.8 Å². The van der Waals surface area contributed by atoms with E-state index in [4.69, 9.17) is 14.2 Å². The van der Waals surface area contributed by atoms with Gasteiger partial charge < -0.3 is 19.5 Å². The van der Waals surface area contributed by atoms with Gasteiger partial charge in [0.05, 0.1) is 20.3 Å². The highest BCUT2D eigenvalue weighted by Crippen LogP contribution is 2.30. The molecule has 1 amide bonds. The summed E-state index contributed by atoms with van der Waals surface area (Å²) in [6, 6.07) is 5.44. The largest absolute Gasteiger partial charge is 0.493 e. The van der Waals surface area contributed by atoms with Crippen LogP contribution in [0.3, 0.4) is 0 Å². The molecule has 0 aliphatic heterocycles. The predicted octanol–water partition coefficient (Wildman–Crippen LogP) is 2.70. The molecule has 5 heteroatoms.